The van der Waals surface area contributed by atoms with Crippen LogP contribution in [-0.2, 0) is 9.59 Å². The Labute approximate surface area is 99.2 Å². The van der Waals surface area contributed by atoms with Gasteiger partial charge >= 0.3 is 0 Å². The number of rotatable bonds is 1. The number of amides is 2. The third kappa shape index (κ3) is 1.62. The lowest BCUT2D eigenvalue weighted by Gasteiger charge is -2.07. The minimum absolute atomic E-state index is 0.0839. The van der Waals surface area contributed by atoms with E-state index in [0.717, 1.165) is 16.0 Å². The Hall–Kier alpha value is -2.10. The van der Waals surface area contributed by atoms with Crippen LogP contribution in [0.5, 0.6) is 0 Å². The Kier molecular flexibility index (Phi) is 2.50. The second-order valence-corrected chi connectivity index (χ2v) is 4.19. The topological polar surface area (TPSA) is 57.6 Å². The normalized spacial score (nSPS) is 16.1. The van der Waals surface area contributed by atoms with Crippen molar-refractivity contribution in [1.82, 2.24) is 4.90 Å². The number of aliphatic hydroxyl groups excluding tert-OH is 1. The summed E-state index contributed by atoms with van der Waals surface area (Å²) in [6.45, 7) is 3.88. The lowest BCUT2D eigenvalue weighted by atomic mass is 10.0. The first kappa shape index (κ1) is 11.4. The van der Waals surface area contributed by atoms with E-state index >= 15 is 0 Å². The van der Waals surface area contributed by atoms with Crippen LogP contribution in [0.15, 0.2) is 24.0 Å². The van der Waals surface area contributed by atoms with Crippen molar-refractivity contribution in [1.29, 1.82) is 0 Å². The Bertz CT molecular complexity index is 558. The van der Waals surface area contributed by atoms with Crippen molar-refractivity contribution in [2.75, 3.05) is 7.05 Å². The number of nitrogens with zero attached hydrogens (tertiary/aromatic N) is 1. The average molecular weight is 231 g/mol. The third-order valence-corrected chi connectivity index (χ3v) is 3.06. The van der Waals surface area contributed by atoms with Gasteiger partial charge in [0, 0.05) is 7.05 Å². The zero-order valence-electron chi connectivity index (χ0n) is 9.94. The quantitative estimate of drug-likeness (QED) is 0.746. The van der Waals surface area contributed by atoms with Crippen molar-refractivity contribution in [2.45, 2.75) is 13.8 Å². The van der Waals surface area contributed by atoms with Gasteiger partial charge in [-0.05, 0) is 30.5 Å². The van der Waals surface area contributed by atoms with Gasteiger partial charge in [0.05, 0.1) is 5.57 Å². The summed E-state index contributed by atoms with van der Waals surface area (Å²) in [5.74, 6) is -1.58. The summed E-state index contributed by atoms with van der Waals surface area (Å²) >= 11 is 0. The van der Waals surface area contributed by atoms with Crippen LogP contribution in [0, 0.1) is 13.8 Å². The molecule has 0 spiro atoms. The number of hydrogen-bond acceptors (Lipinski definition) is 3. The highest BCUT2D eigenvalue weighted by Gasteiger charge is 2.36. The van der Waals surface area contributed by atoms with Gasteiger partial charge in [-0.3, -0.25) is 14.5 Å². The Morgan fingerprint density at radius 1 is 1.06 bits per heavy atom. The molecule has 4 heteroatoms. The summed E-state index contributed by atoms with van der Waals surface area (Å²) in [5.41, 5.74) is 2.77. The summed E-state index contributed by atoms with van der Waals surface area (Å²) < 4.78 is 0. The highest BCUT2D eigenvalue weighted by atomic mass is 16.3. The third-order valence-electron chi connectivity index (χ3n) is 3.06. The number of carbonyl (C=O) groups is 2. The van der Waals surface area contributed by atoms with Crippen molar-refractivity contribution >= 4 is 17.4 Å². The van der Waals surface area contributed by atoms with E-state index in [0.29, 0.717) is 5.56 Å². The number of benzene rings is 1. The molecular weight excluding hydrogens is 218 g/mol. The maximum Gasteiger partial charge on any atom is 0.296 e. The fraction of sp³-hybridized carbons (Fsp3) is 0.231. The van der Waals surface area contributed by atoms with Crippen LogP contribution in [0.25, 0.3) is 5.57 Å². The predicted molar refractivity (Wildman–Crippen MR) is 63.2 cm³/mol. The molecule has 1 heterocycles. The van der Waals surface area contributed by atoms with Crippen LogP contribution in [0.4, 0.5) is 0 Å². The number of aliphatic hydroxyl groups is 1. The van der Waals surface area contributed by atoms with Crippen LogP contribution in [-0.4, -0.2) is 28.9 Å². The molecule has 0 saturated heterocycles. The molecule has 1 aliphatic heterocycles. The largest absolute Gasteiger partial charge is 0.502 e. The van der Waals surface area contributed by atoms with Gasteiger partial charge in [0.2, 0.25) is 0 Å². The van der Waals surface area contributed by atoms with Crippen molar-refractivity contribution in [3.63, 3.8) is 0 Å². The maximum atomic E-state index is 11.8. The summed E-state index contributed by atoms with van der Waals surface area (Å²) in [4.78, 5) is 24.2. The van der Waals surface area contributed by atoms with Gasteiger partial charge in [-0.1, -0.05) is 18.2 Å². The van der Waals surface area contributed by atoms with Gasteiger partial charge in [-0.15, -0.1) is 0 Å². The standard InChI is InChI=1S/C13H13NO3/c1-7-4-5-9(6-8(7)2)10-11(15)13(17)14(3)12(10)16/h4-6,15H,1-3H3. The second-order valence-electron chi connectivity index (χ2n) is 4.19. The van der Waals surface area contributed by atoms with Gasteiger partial charge in [-0.25, -0.2) is 0 Å². The molecule has 0 bridgehead atoms. The zero-order chi connectivity index (χ0) is 12.7. The fourth-order valence-electron chi connectivity index (χ4n) is 1.78. The van der Waals surface area contributed by atoms with Crippen molar-refractivity contribution in [3.8, 4) is 0 Å². The van der Waals surface area contributed by atoms with E-state index in [9.17, 15) is 14.7 Å². The van der Waals surface area contributed by atoms with E-state index < -0.39 is 17.6 Å². The first-order valence-electron chi connectivity index (χ1n) is 5.26. The van der Waals surface area contributed by atoms with E-state index in [1.807, 2.05) is 19.9 Å². The molecule has 1 aromatic carbocycles. The summed E-state index contributed by atoms with van der Waals surface area (Å²) in [5, 5.41) is 9.68. The van der Waals surface area contributed by atoms with E-state index in [4.69, 9.17) is 0 Å². The van der Waals surface area contributed by atoms with Crippen LogP contribution in [0.1, 0.15) is 16.7 Å². The Balaban J connectivity index is 2.57. The van der Waals surface area contributed by atoms with Crippen molar-refractivity contribution in [2.24, 2.45) is 0 Å². The molecule has 0 aliphatic carbocycles. The Morgan fingerprint density at radius 3 is 2.18 bits per heavy atom. The van der Waals surface area contributed by atoms with Crippen LogP contribution < -0.4 is 0 Å². The number of hydrogen-bond donors (Lipinski definition) is 1. The number of imide groups is 1. The molecular formula is C13H13NO3. The monoisotopic (exact) mass is 231 g/mol. The van der Waals surface area contributed by atoms with Crippen LogP contribution >= 0.6 is 0 Å². The molecule has 0 fully saturated rings. The molecule has 0 radical (unpaired) electrons. The van der Waals surface area contributed by atoms with Gasteiger partial charge < -0.3 is 5.11 Å². The van der Waals surface area contributed by atoms with Gasteiger partial charge in [-0.2, -0.15) is 0 Å². The van der Waals surface area contributed by atoms with Gasteiger partial charge in [0.15, 0.2) is 5.76 Å². The number of likely N-dealkylation sites (N-methyl/N-ethyl adjacent to an activating group) is 1. The smallest absolute Gasteiger partial charge is 0.296 e. The molecule has 0 atom stereocenters. The van der Waals surface area contributed by atoms with E-state index in [-0.39, 0.29) is 5.57 Å². The lowest BCUT2D eigenvalue weighted by Crippen LogP contribution is -2.26. The Morgan fingerprint density at radius 2 is 1.71 bits per heavy atom. The van der Waals surface area contributed by atoms with E-state index in [2.05, 4.69) is 0 Å². The zero-order valence-corrected chi connectivity index (χ0v) is 9.94. The van der Waals surface area contributed by atoms with Crippen molar-refractivity contribution < 1.29 is 14.7 Å². The average Bonchev–Trinajstić information content (AvgIpc) is 2.48. The molecule has 1 aliphatic rings. The molecule has 2 amide bonds. The first-order chi connectivity index (χ1) is 7.93. The molecule has 1 aromatic rings. The molecule has 4 nitrogen and oxygen atoms in total. The number of aryl methyl sites for hydroxylation is 2. The highest BCUT2D eigenvalue weighted by Crippen LogP contribution is 2.27. The maximum absolute atomic E-state index is 11.8. The van der Waals surface area contributed by atoms with Crippen molar-refractivity contribution in [3.05, 3.63) is 40.6 Å². The number of carbonyl (C=O) groups excluding carboxylic acids is 2. The minimum atomic E-state index is -0.650. The molecule has 2 rings (SSSR count). The molecule has 0 unspecified atom stereocenters. The van der Waals surface area contributed by atoms with Crippen LogP contribution in [0.3, 0.4) is 0 Å². The summed E-state index contributed by atoms with van der Waals surface area (Å²) in [6, 6.07) is 5.39. The molecule has 0 saturated carbocycles. The predicted octanol–water partition coefficient (Wildman–Crippen LogP) is 1.57. The first-order valence-corrected chi connectivity index (χ1v) is 5.26. The SMILES string of the molecule is Cc1ccc(C2=C(O)C(=O)N(C)C2=O)cc1C. The molecule has 0 aromatic heterocycles. The lowest BCUT2D eigenvalue weighted by molar-refractivity contribution is -0.136. The van der Waals surface area contributed by atoms with Gasteiger partial charge in [0.25, 0.3) is 11.8 Å². The van der Waals surface area contributed by atoms with E-state index in [1.165, 1.54) is 7.05 Å². The molecule has 88 valence electrons. The second kappa shape index (κ2) is 3.73. The molecule has 1 N–H and O–H groups in total. The summed E-state index contributed by atoms with van der Waals surface area (Å²) in [6.07, 6.45) is 0. The summed E-state index contributed by atoms with van der Waals surface area (Å²) in [7, 11) is 1.36. The minimum Gasteiger partial charge on any atom is -0.502 e. The fourth-order valence-corrected chi connectivity index (χ4v) is 1.78. The van der Waals surface area contributed by atoms with Gasteiger partial charge in [0.1, 0.15) is 0 Å². The molecule has 17 heavy (non-hydrogen) atoms. The van der Waals surface area contributed by atoms with Crippen LogP contribution in [0.2, 0.25) is 0 Å². The highest BCUT2D eigenvalue weighted by molar-refractivity contribution is 6.34. The van der Waals surface area contributed by atoms with E-state index in [1.54, 1.807) is 12.1 Å².